The minimum atomic E-state index is 0.148. The highest BCUT2D eigenvalue weighted by atomic mass is 16.4. The van der Waals surface area contributed by atoms with E-state index in [0.717, 1.165) is 31.8 Å². The van der Waals surface area contributed by atoms with E-state index in [1.807, 2.05) is 4.90 Å². The summed E-state index contributed by atoms with van der Waals surface area (Å²) in [6, 6.07) is 0. The van der Waals surface area contributed by atoms with E-state index < -0.39 is 0 Å². The average Bonchev–Trinajstić information content (AvgIpc) is 2.65. The Bertz CT molecular complexity index is 353. The monoisotopic (exact) mass is 209 g/mol. The largest absolute Gasteiger partial charge is 0.425 e. The minimum Gasteiger partial charge on any atom is -0.425 e. The maximum atomic E-state index is 11.1. The second-order valence-electron chi connectivity index (χ2n) is 3.94. The summed E-state index contributed by atoms with van der Waals surface area (Å²) < 4.78 is 5.39. The molecule has 0 saturated carbocycles. The first-order valence-electron chi connectivity index (χ1n) is 5.22. The normalized spacial score (nSPS) is 18.1. The van der Waals surface area contributed by atoms with Crippen molar-refractivity contribution in [2.24, 2.45) is 0 Å². The topological polar surface area (TPSA) is 59.2 Å². The van der Waals surface area contributed by atoms with Crippen LogP contribution in [0.4, 0.5) is 0 Å². The Hall–Kier alpha value is -1.39. The highest BCUT2D eigenvalue weighted by molar-refractivity contribution is 5.73. The van der Waals surface area contributed by atoms with Gasteiger partial charge in [0.05, 0.1) is 0 Å². The summed E-state index contributed by atoms with van der Waals surface area (Å²) in [5.41, 5.74) is 0. The van der Waals surface area contributed by atoms with Crippen molar-refractivity contribution in [3.63, 3.8) is 0 Å². The lowest BCUT2D eigenvalue weighted by Gasteiger charge is -2.29. The first-order valence-corrected chi connectivity index (χ1v) is 5.22. The van der Waals surface area contributed by atoms with E-state index in [-0.39, 0.29) is 5.91 Å². The number of aryl methyl sites for hydroxylation is 1. The van der Waals surface area contributed by atoms with Gasteiger partial charge in [0.15, 0.2) is 0 Å². The van der Waals surface area contributed by atoms with Gasteiger partial charge < -0.3 is 9.32 Å². The minimum absolute atomic E-state index is 0.148. The molecule has 0 spiro atoms. The second-order valence-corrected chi connectivity index (χ2v) is 3.94. The lowest BCUT2D eigenvalue weighted by atomic mass is 9.97. The van der Waals surface area contributed by atoms with Crippen LogP contribution in [0.15, 0.2) is 4.42 Å². The van der Waals surface area contributed by atoms with Crippen molar-refractivity contribution in [2.75, 3.05) is 13.1 Å². The van der Waals surface area contributed by atoms with Crippen molar-refractivity contribution >= 4 is 5.91 Å². The molecule has 82 valence electrons. The molecule has 0 aromatic carbocycles. The Balaban J connectivity index is 1.96. The number of carbonyl (C=O) groups excluding carboxylic acids is 1. The van der Waals surface area contributed by atoms with Gasteiger partial charge >= 0.3 is 0 Å². The maximum absolute atomic E-state index is 11.1. The van der Waals surface area contributed by atoms with Gasteiger partial charge in [0, 0.05) is 32.9 Å². The van der Waals surface area contributed by atoms with Gasteiger partial charge in [-0.15, -0.1) is 10.2 Å². The second kappa shape index (κ2) is 4.00. The molecule has 0 radical (unpaired) electrons. The van der Waals surface area contributed by atoms with Crippen LogP contribution in [0.5, 0.6) is 0 Å². The van der Waals surface area contributed by atoms with Crippen molar-refractivity contribution in [1.82, 2.24) is 15.1 Å². The van der Waals surface area contributed by atoms with Crippen molar-refractivity contribution in [1.29, 1.82) is 0 Å². The van der Waals surface area contributed by atoms with Crippen molar-refractivity contribution in [2.45, 2.75) is 32.6 Å². The Kier molecular flexibility index (Phi) is 2.70. The molecule has 0 aliphatic carbocycles. The number of piperidine rings is 1. The molecular weight excluding hydrogens is 194 g/mol. The number of rotatable bonds is 1. The molecule has 1 aliphatic rings. The number of carbonyl (C=O) groups is 1. The lowest BCUT2D eigenvalue weighted by molar-refractivity contribution is -0.129. The zero-order chi connectivity index (χ0) is 10.8. The fourth-order valence-electron chi connectivity index (χ4n) is 1.92. The molecule has 1 amide bonds. The highest BCUT2D eigenvalue weighted by Gasteiger charge is 2.25. The van der Waals surface area contributed by atoms with Gasteiger partial charge in [-0.2, -0.15) is 0 Å². The first kappa shape index (κ1) is 10.1. The summed E-state index contributed by atoms with van der Waals surface area (Å²) in [6.45, 7) is 4.99. The van der Waals surface area contributed by atoms with E-state index in [1.165, 1.54) is 0 Å². The third kappa shape index (κ3) is 2.16. The number of hydrogen-bond donors (Lipinski definition) is 0. The van der Waals surface area contributed by atoms with E-state index >= 15 is 0 Å². The van der Waals surface area contributed by atoms with Crippen molar-refractivity contribution in [3.05, 3.63) is 11.8 Å². The number of likely N-dealkylation sites (tertiary alicyclic amines) is 1. The van der Waals surface area contributed by atoms with Gasteiger partial charge in [-0.25, -0.2) is 0 Å². The average molecular weight is 209 g/mol. The van der Waals surface area contributed by atoms with E-state index in [4.69, 9.17) is 4.42 Å². The Morgan fingerprint density at radius 1 is 1.40 bits per heavy atom. The lowest BCUT2D eigenvalue weighted by Crippen LogP contribution is -2.36. The summed E-state index contributed by atoms with van der Waals surface area (Å²) >= 11 is 0. The van der Waals surface area contributed by atoms with Crippen LogP contribution in [0.25, 0.3) is 0 Å². The van der Waals surface area contributed by atoms with Gasteiger partial charge in [-0.1, -0.05) is 0 Å². The standard InChI is InChI=1S/C10H15N3O2/c1-7-11-12-10(15-7)9-3-5-13(6-4-9)8(2)14/h9H,3-6H2,1-2H3. The van der Waals surface area contributed by atoms with Gasteiger partial charge in [0.25, 0.3) is 0 Å². The summed E-state index contributed by atoms with van der Waals surface area (Å²) in [6.07, 6.45) is 1.84. The van der Waals surface area contributed by atoms with Crippen molar-refractivity contribution < 1.29 is 9.21 Å². The van der Waals surface area contributed by atoms with Gasteiger partial charge in [-0.3, -0.25) is 4.79 Å². The predicted octanol–water partition coefficient (Wildman–Crippen LogP) is 1.10. The molecule has 1 aliphatic heterocycles. The van der Waals surface area contributed by atoms with Gasteiger partial charge in [-0.05, 0) is 12.8 Å². The molecule has 1 aromatic rings. The summed E-state index contributed by atoms with van der Waals surface area (Å²) in [4.78, 5) is 13.0. The molecule has 2 heterocycles. The van der Waals surface area contributed by atoms with Crippen molar-refractivity contribution in [3.8, 4) is 0 Å². The van der Waals surface area contributed by atoms with E-state index in [1.54, 1.807) is 13.8 Å². The van der Waals surface area contributed by atoms with E-state index in [2.05, 4.69) is 10.2 Å². The fraction of sp³-hybridized carbons (Fsp3) is 0.700. The molecule has 2 rings (SSSR count). The fourth-order valence-corrected chi connectivity index (χ4v) is 1.92. The quantitative estimate of drug-likeness (QED) is 0.695. The molecule has 0 N–H and O–H groups in total. The Labute approximate surface area is 88.5 Å². The number of hydrogen-bond acceptors (Lipinski definition) is 4. The van der Waals surface area contributed by atoms with Crippen LogP contribution in [0.2, 0.25) is 0 Å². The smallest absolute Gasteiger partial charge is 0.219 e. The zero-order valence-electron chi connectivity index (χ0n) is 9.06. The molecule has 0 atom stereocenters. The summed E-state index contributed by atoms with van der Waals surface area (Å²) in [7, 11) is 0. The van der Waals surface area contributed by atoms with Gasteiger partial charge in [0.1, 0.15) is 0 Å². The molecule has 1 saturated heterocycles. The molecule has 15 heavy (non-hydrogen) atoms. The number of nitrogens with zero attached hydrogens (tertiary/aromatic N) is 3. The maximum Gasteiger partial charge on any atom is 0.219 e. The van der Waals surface area contributed by atoms with Crippen LogP contribution >= 0.6 is 0 Å². The zero-order valence-corrected chi connectivity index (χ0v) is 9.06. The van der Waals surface area contributed by atoms with Crippen LogP contribution in [0.3, 0.4) is 0 Å². The predicted molar refractivity (Wildman–Crippen MR) is 53.3 cm³/mol. The third-order valence-electron chi connectivity index (χ3n) is 2.83. The Morgan fingerprint density at radius 2 is 2.07 bits per heavy atom. The highest BCUT2D eigenvalue weighted by Crippen LogP contribution is 2.26. The van der Waals surface area contributed by atoms with Crippen LogP contribution in [0, 0.1) is 6.92 Å². The molecule has 0 bridgehead atoms. The van der Waals surface area contributed by atoms with Crippen LogP contribution in [0.1, 0.15) is 37.5 Å². The molecule has 5 heteroatoms. The SMILES string of the molecule is CC(=O)N1CCC(c2nnc(C)o2)CC1. The summed E-state index contributed by atoms with van der Waals surface area (Å²) in [5.74, 6) is 1.80. The molecule has 5 nitrogen and oxygen atoms in total. The Morgan fingerprint density at radius 3 is 2.53 bits per heavy atom. The van der Waals surface area contributed by atoms with Gasteiger partial charge in [0.2, 0.25) is 17.7 Å². The number of aromatic nitrogens is 2. The molecule has 1 fully saturated rings. The molecule has 0 unspecified atom stereocenters. The third-order valence-corrected chi connectivity index (χ3v) is 2.83. The molecular formula is C10H15N3O2. The first-order chi connectivity index (χ1) is 7.16. The molecule has 1 aromatic heterocycles. The van der Waals surface area contributed by atoms with E-state index in [0.29, 0.717) is 11.8 Å². The van der Waals surface area contributed by atoms with Crippen LogP contribution in [-0.2, 0) is 4.79 Å². The van der Waals surface area contributed by atoms with Crippen LogP contribution in [-0.4, -0.2) is 34.1 Å². The van der Waals surface area contributed by atoms with Crippen LogP contribution < -0.4 is 0 Å². The summed E-state index contributed by atoms with van der Waals surface area (Å²) in [5, 5.41) is 7.84. The number of amides is 1. The van der Waals surface area contributed by atoms with E-state index in [9.17, 15) is 4.79 Å².